The minimum atomic E-state index is -3.93. The third kappa shape index (κ3) is 3.30. The molecule has 0 amide bonds. The van der Waals surface area contributed by atoms with Crippen LogP contribution < -0.4 is 4.72 Å². The first-order chi connectivity index (χ1) is 9.39. The lowest BCUT2D eigenvalue weighted by atomic mass is 10.2. The Morgan fingerprint density at radius 3 is 2.40 bits per heavy atom. The van der Waals surface area contributed by atoms with E-state index in [-0.39, 0.29) is 5.69 Å². The van der Waals surface area contributed by atoms with E-state index in [4.69, 9.17) is 0 Å². The van der Waals surface area contributed by atoms with Crippen molar-refractivity contribution in [2.45, 2.75) is 12.7 Å². The minimum Gasteiger partial charge on any atom is -0.281 e. The smallest absolute Gasteiger partial charge is 0.237 e. The number of nitrogens with zero attached hydrogens (tertiary/aromatic N) is 1. The topological polar surface area (TPSA) is 59.1 Å². The van der Waals surface area contributed by atoms with Crippen molar-refractivity contribution in [1.82, 2.24) is 4.98 Å². The van der Waals surface area contributed by atoms with Gasteiger partial charge in [-0.1, -0.05) is 6.07 Å². The summed E-state index contributed by atoms with van der Waals surface area (Å²) in [6, 6.07) is 6.30. The van der Waals surface area contributed by atoms with Crippen molar-refractivity contribution in [3.8, 4) is 0 Å². The van der Waals surface area contributed by atoms with Crippen molar-refractivity contribution in [1.29, 1.82) is 0 Å². The maximum Gasteiger partial charge on any atom is 0.237 e. The van der Waals surface area contributed by atoms with Gasteiger partial charge in [-0.2, -0.15) is 0 Å². The summed E-state index contributed by atoms with van der Waals surface area (Å²) in [6.07, 6.45) is 1.52. The molecule has 1 aromatic carbocycles. The van der Waals surface area contributed by atoms with Crippen molar-refractivity contribution in [2.75, 3.05) is 4.72 Å². The lowest BCUT2D eigenvalue weighted by Gasteiger charge is -2.10. The van der Waals surface area contributed by atoms with E-state index >= 15 is 0 Å². The van der Waals surface area contributed by atoms with Crippen LogP contribution >= 0.6 is 0 Å². The molecule has 0 unspecified atom stereocenters. The molecule has 2 aromatic rings. The van der Waals surface area contributed by atoms with Crippen molar-refractivity contribution in [2.24, 2.45) is 0 Å². The zero-order chi connectivity index (χ0) is 14.8. The first-order valence-electron chi connectivity index (χ1n) is 5.74. The van der Waals surface area contributed by atoms with Crippen LogP contribution in [0.4, 0.5) is 14.5 Å². The number of pyridine rings is 1. The summed E-state index contributed by atoms with van der Waals surface area (Å²) in [5, 5.41) is 0. The number of aromatic nitrogens is 1. The van der Waals surface area contributed by atoms with E-state index in [1.54, 1.807) is 13.0 Å². The molecular formula is C13H12F2N2O2S. The van der Waals surface area contributed by atoms with Gasteiger partial charge in [0.2, 0.25) is 10.0 Å². The molecule has 0 fully saturated rings. The number of hydrogen-bond acceptors (Lipinski definition) is 3. The van der Waals surface area contributed by atoms with E-state index in [1.165, 1.54) is 18.3 Å². The quantitative estimate of drug-likeness (QED) is 0.944. The fourth-order valence-electron chi connectivity index (χ4n) is 1.66. The molecule has 0 saturated carbocycles. The molecule has 0 atom stereocenters. The van der Waals surface area contributed by atoms with Crippen molar-refractivity contribution in [3.63, 3.8) is 0 Å². The van der Waals surface area contributed by atoms with Crippen molar-refractivity contribution in [3.05, 3.63) is 59.4 Å². The average molecular weight is 298 g/mol. The Bertz CT molecular complexity index is 713. The van der Waals surface area contributed by atoms with Crippen LogP contribution in [0, 0.1) is 18.6 Å². The molecule has 0 radical (unpaired) electrons. The number of nitrogens with one attached hydrogen (secondary N) is 1. The highest BCUT2D eigenvalue weighted by atomic mass is 32.2. The molecule has 1 heterocycles. The van der Waals surface area contributed by atoms with Gasteiger partial charge in [0.15, 0.2) is 0 Å². The van der Waals surface area contributed by atoms with Gasteiger partial charge in [-0.05, 0) is 31.2 Å². The lowest BCUT2D eigenvalue weighted by molar-refractivity contribution is 0.557. The van der Waals surface area contributed by atoms with E-state index in [0.29, 0.717) is 5.69 Å². The maximum atomic E-state index is 13.5. The molecule has 4 nitrogen and oxygen atoms in total. The minimum absolute atomic E-state index is 0.282. The van der Waals surface area contributed by atoms with Crippen LogP contribution in [0.3, 0.4) is 0 Å². The fraction of sp³-hybridized carbons (Fsp3) is 0.154. The van der Waals surface area contributed by atoms with Crippen LogP contribution in [0.1, 0.15) is 11.3 Å². The zero-order valence-corrected chi connectivity index (χ0v) is 11.4. The lowest BCUT2D eigenvalue weighted by Crippen LogP contribution is -2.17. The molecule has 0 bridgehead atoms. The summed E-state index contributed by atoms with van der Waals surface area (Å²) in [5.74, 6) is -2.56. The molecule has 7 heteroatoms. The van der Waals surface area contributed by atoms with Gasteiger partial charge in [-0.25, -0.2) is 17.2 Å². The highest BCUT2D eigenvalue weighted by Gasteiger charge is 2.19. The Labute approximate surface area is 115 Å². The number of halogens is 2. The molecule has 0 aliphatic rings. The van der Waals surface area contributed by atoms with Crippen LogP contribution in [0.15, 0.2) is 36.5 Å². The molecule has 1 N–H and O–H groups in total. The second-order valence-electron chi connectivity index (χ2n) is 4.20. The fourth-order valence-corrected chi connectivity index (χ4v) is 2.93. The second kappa shape index (κ2) is 5.54. The van der Waals surface area contributed by atoms with Gasteiger partial charge >= 0.3 is 0 Å². The number of rotatable bonds is 4. The molecule has 0 aliphatic heterocycles. The van der Waals surface area contributed by atoms with Crippen LogP contribution in [0.5, 0.6) is 0 Å². The maximum absolute atomic E-state index is 13.5. The Balaban J connectivity index is 2.27. The van der Waals surface area contributed by atoms with Gasteiger partial charge in [-0.15, -0.1) is 0 Å². The van der Waals surface area contributed by atoms with Crippen molar-refractivity contribution < 1.29 is 17.2 Å². The number of anilines is 1. The van der Waals surface area contributed by atoms with Crippen LogP contribution in [0.2, 0.25) is 0 Å². The van der Waals surface area contributed by atoms with Crippen LogP contribution in [-0.4, -0.2) is 13.4 Å². The van der Waals surface area contributed by atoms with Gasteiger partial charge in [0.1, 0.15) is 17.4 Å². The number of aryl methyl sites for hydroxylation is 1. The second-order valence-corrected chi connectivity index (χ2v) is 5.92. The molecule has 0 aliphatic carbocycles. The third-order valence-corrected chi connectivity index (χ3v) is 3.87. The van der Waals surface area contributed by atoms with Gasteiger partial charge in [0.25, 0.3) is 0 Å². The summed E-state index contributed by atoms with van der Waals surface area (Å²) in [6.45, 7) is 1.63. The summed E-state index contributed by atoms with van der Waals surface area (Å²) < 4.78 is 53.1. The molecule has 0 saturated heterocycles. The molecule has 106 valence electrons. The van der Waals surface area contributed by atoms with Gasteiger partial charge in [-0.3, -0.25) is 9.71 Å². The third-order valence-electron chi connectivity index (χ3n) is 2.67. The molecular weight excluding hydrogens is 286 g/mol. The SMILES string of the molecule is Cc1ncccc1NS(=O)(=O)Cc1c(F)cccc1F. The molecule has 2 rings (SSSR count). The Kier molecular flexibility index (Phi) is 3.99. The Morgan fingerprint density at radius 1 is 1.15 bits per heavy atom. The number of benzene rings is 1. The summed E-state index contributed by atoms with van der Waals surface area (Å²) in [4.78, 5) is 3.93. The molecule has 20 heavy (non-hydrogen) atoms. The van der Waals surface area contributed by atoms with Gasteiger partial charge in [0, 0.05) is 11.8 Å². The zero-order valence-electron chi connectivity index (χ0n) is 10.6. The first kappa shape index (κ1) is 14.4. The van der Waals surface area contributed by atoms with Crippen LogP contribution in [-0.2, 0) is 15.8 Å². The van der Waals surface area contributed by atoms with E-state index < -0.39 is 33.0 Å². The van der Waals surface area contributed by atoms with E-state index in [0.717, 1.165) is 12.1 Å². The van der Waals surface area contributed by atoms with Gasteiger partial charge in [0.05, 0.1) is 11.4 Å². The summed E-state index contributed by atoms with van der Waals surface area (Å²) in [5.41, 5.74) is 0.274. The van der Waals surface area contributed by atoms with Gasteiger partial charge < -0.3 is 0 Å². The average Bonchev–Trinajstić information content (AvgIpc) is 2.37. The standard InChI is InChI=1S/C13H12F2N2O2S/c1-9-13(6-3-7-16-9)17-20(18,19)8-10-11(14)4-2-5-12(10)15/h2-7,17H,8H2,1H3. The predicted molar refractivity (Wildman–Crippen MR) is 71.6 cm³/mol. The molecule has 0 spiro atoms. The first-order valence-corrected chi connectivity index (χ1v) is 7.39. The monoisotopic (exact) mass is 298 g/mol. The van der Waals surface area contributed by atoms with E-state index in [9.17, 15) is 17.2 Å². The summed E-state index contributed by atoms with van der Waals surface area (Å²) in [7, 11) is -3.93. The predicted octanol–water partition coefficient (Wildman–Crippen LogP) is 2.61. The Hall–Kier alpha value is -2.02. The highest BCUT2D eigenvalue weighted by molar-refractivity contribution is 7.91. The number of hydrogen-bond donors (Lipinski definition) is 1. The summed E-state index contributed by atoms with van der Waals surface area (Å²) >= 11 is 0. The van der Waals surface area contributed by atoms with E-state index in [2.05, 4.69) is 9.71 Å². The normalized spacial score (nSPS) is 11.3. The Morgan fingerprint density at radius 2 is 1.80 bits per heavy atom. The largest absolute Gasteiger partial charge is 0.281 e. The van der Waals surface area contributed by atoms with Crippen LogP contribution in [0.25, 0.3) is 0 Å². The number of sulfonamides is 1. The highest BCUT2D eigenvalue weighted by Crippen LogP contribution is 2.18. The van der Waals surface area contributed by atoms with E-state index in [1.807, 2.05) is 0 Å². The molecule has 1 aromatic heterocycles. The van der Waals surface area contributed by atoms with Crippen molar-refractivity contribution >= 4 is 15.7 Å².